The maximum atomic E-state index is 12.6. The molecule has 1 unspecified atom stereocenters. The molecule has 13 heteroatoms. The molecule has 0 aliphatic heterocycles. The van der Waals surface area contributed by atoms with Gasteiger partial charge in [0, 0.05) is 10.7 Å². The number of halogens is 4. The van der Waals surface area contributed by atoms with Crippen molar-refractivity contribution in [3.05, 3.63) is 40.6 Å². The number of anilines is 1. The molecule has 2 N–H and O–H groups in total. The molecule has 0 radical (unpaired) electrons. The van der Waals surface area contributed by atoms with E-state index in [1.54, 1.807) is 0 Å². The zero-order valence-corrected chi connectivity index (χ0v) is 17.2. The minimum absolute atomic E-state index is 0.293. The molecule has 1 aromatic carbocycles. The number of hydrogen-bond acceptors (Lipinski definition) is 6. The highest BCUT2D eigenvalue weighted by Gasteiger charge is 2.38. The second-order valence-corrected chi connectivity index (χ2v) is 9.89. The van der Waals surface area contributed by atoms with Gasteiger partial charge in [-0.3, -0.25) is 4.79 Å². The van der Waals surface area contributed by atoms with Crippen LogP contribution in [0.3, 0.4) is 0 Å². The summed E-state index contributed by atoms with van der Waals surface area (Å²) < 4.78 is 74.0. The quantitative estimate of drug-likeness (QED) is 0.609. The molecule has 0 aliphatic carbocycles. The Bertz CT molecular complexity index is 1060. The van der Waals surface area contributed by atoms with Crippen LogP contribution in [0, 0.1) is 0 Å². The predicted molar refractivity (Wildman–Crippen MR) is 98.2 cm³/mol. The van der Waals surface area contributed by atoms with Crippen molar-refractivity contribution >= 4 is 48.2 Å². The lowest BCUT2D eigenvalue weighted by Crippen LogP contribution is -2.20. The van der Waals surface area contributed by atoms with Gasteiger partial charge in [0.2, 0.25) is 0 Å². The van der Waals surface area contributed by atoms with Gasteiger partial charge >= 0.3 is 5.51 Å². The Kier molecular flexibility index (Phi) is 6.51. The minimum Gasteiger partial charge on any atom is -0.506 e. The van der Waals surface area contributed by atoms with Crippen molar-refractivity contribution in [2.24, 2.45) is 0 Å². The van der Waals surface area contributed by atoms with E-state index >= 15 is 0 Å². The van der Waals surface area contributed by atoms with Crippen molar-refractivity contribution in [2.75, 3.05) is 11.1 Å². The molecular weight excluding hydrogens is 489 g/mol. The van der Waals surface area contributed by atoms with Gasteiger partial charge in [-0.2, -0.15) is 13.2 Å². The number of pyridine rings is 1. The first-order chi connectivity index (χ1) is 12.9. The standard InChI is InChI=1S/C15H12BrF3N2O5S2/c1-2-28(25,26)12-5-8(16)7-20-13(12)14(23)21-10-6-9(3-4-11(10)22)27(24)15(17,18)19/h3-7,22H,2H2,1H3,(H,21,23). The van der Waals surface area contributed by atoms with Gasteiger partial charge in [-0.25, -0.2) is 17.6 Å². The number of nitrogens with one attached hydrogen (secondary N) is 1. The fourth-order valence-corrected chi connectivity index (χ4v) is 4.25. The number of rotatable bonds is 5. The second-order valence-electron chi connectivity index (χ2n) is 5.25. The topological polar surface area (TPSA) is 113 Å². The van der Waals surface area contributed by atoms with Gasteiger partial charge in [0.1, 0.15) is 11.4 Å². The van der Waals surface area contributed by atoms with E-state index in [1.807, 2.05) is 0 Å². The average molecular weight is 501 g/mol. The van der Waals surface area contributed by atoms with Crippen LogP contribution in [0.5, 0.6) is 5.75 Å². The molecule has 0 aliphatic rings. The normalized spacial score (nSPS) is 13.2. The van der Waals surface area contributed by atoms with Crippen molar-refractivity contribution < 1.29 is 35.7 Å². The summed E-state index contributed by atoms with van der Waals surface area (Å²) >= 11 is 3.05. The third-order valence-corrected chi connectivity index (χ3v) is 6.67. The number of amides is 1. The van der Waals surface area contributed by atoms with Gasteiger partial charge in [0.05, 0.1) is 21.2 Å². The largest absolute Gasteiger partial charge is 0.506 e. The smallest absolute Gasteiger partial charge is 0.475 e. The predicted octanol–water partition coefficient (Wildman–Crippen LogP) is 3.22. The first-order valence-corrected chi connectivity index (χ1v) is 11.0. The van der Waals surface area contributed by atoms with E-state index in [0.717, 1.165) is 18.2 Å². The lowest BCUT2D eigenvalue weighted by Gasteiger charge is -2.12. The number of benzene rings is 1. The van der Waals surface area contributed by atoms with Gasteiger partial charge in [0.25, 0.3) is 5.91 Å². The maximum Gasteiger partial charge on any atom is 0.475 e. The lowest BCUT2D eigenvalue weighted by molar-refractivity contribution is -0.0384. The number of nitrogens with zero attached hydrogens (tertiary/aromatic N) is 1. The number of carbonyl (C=O) groups excluding carboxylic acids is 1. The maximum absolute atomic E-state index is 12.6. The zero-order chi connectivity index (χ0) is 21.3. The van der Waals surface area contributed by atoms with Crippen molar-refractivity contribution in [1.29, 1.82) is 0 Å². The van der Waals surface area contributed by atoms with Crippen molar-refractivity contribution in [3.63, 3.8) is 0 Å². The molecule has 0 saturated heterocycles. The third kappa shape index (κ3) is 4.89. The Morgan fingerprint density at radius 3 is 2.54 bits per heavy atom. The third-order valence-electron chi connectivity index (χ3n) is 3.39. The second kappa shape index (κ2) is 8.17. The summed E-state index contributed by atoms with van der Waals surface area (Å²) in [5, 5.41) is 11.9. The fourth-order valence-electron chi connectivity index (χ4n) is 2.03. The van der Waals surface area contributed by atoms with E-state index in [1.165, 1.54) is 13.1 Å². The van der Waals surface area contributed by atoms with Crippen LogP contribution >= 0.6 is 15.9 Å². The van der Waals surface area contributed by atoms with Crippen molar-refractivity contribution in [2.45, 2.75) is 22.2 Å². The van der Waals surface area contributed by atoms with Gasteiger partial charge in [-0.1, -0.05) is 6.92 Å². The van der Waals surface area contributed by atoms with Gasteiger partial charge in [-0.15, -0.1) is 0 Å². The van der Waals surface area contributed by atoms with Gasteiger partial charge < -0.3 is 10.4 Å². The van der Waals surface area contributed by atoms with Crippen LogP contribution in [0.25, 0.3) is 0 Å². The number of phenols is 1. The SMILES string of the molecule is CCS(=O)(=O)c1cc(Br)cnc1C(=O)Nc1cc(S(=O)C(F)(F)F)ccc1O. The van der Waals surface area contributed by atoms with E-state index in [2.05, 4.69) is 26.2 Å². The molecule has 0 spiro atoms. The summed E-state index contributed by atoms with van der Waals surface area (Å²) in [6.07, 6.45) is 1.17. The number of aromatic hydroxyl groups is 1. The van der Waals surface area contributed by atoms with Crippen LogP contribution in [-0.4, -0.2) is 39.9 Å². The Morgan fingerprint density at radius 1 is 1.32 bits per heavy atom. The average Bonchev–Trinajstić information content (AvgIpc) is 2.62. The molecular formula is C15H12BrF3N2O5S2. The molecule has 1 atom stereocenters. The summed E-state index contributed by atoms with van der Waals surface area (Å²) in [5.74, 6) is -2.01. The summed E-state index contributed by atoms with van der Waals surface area (Å²) in [6, 6.07) is 3.46. The van der Waals surface area contributed by atoms with Crippen LogP contribution in [0.15, 0.2) is 44.7 Å². The lowest BCUT2D eigenvalue weighted by atomic mass is 10.2. The summed E-state index contributed by atoms with van der Waals surface area (Å²) in [6.45, 7) is 1.36. The fraction of sp³-hybridized carbons (Fsp3) is 0.200. The number of sulfone groups is 1. The van der Waals surface area contributed by atoms with Crippen LogP contribution in [0.1, 0.15) is 17.4 Å². The van der Waals surface area contributed by atoms with E-state index < -0.39 is 59.0 Å². The highest BCUT2D eigenvalue weighted by atomic mass is 79.9. The molecule has 1 aromatic heterocycles. The Hall–Kier alpha value is -1.99. The number of aromatic nitrogens is 1. The summed E-state index contributed by atoms with van der Waals surface area (Å²) in [5.41, 5.74) is -6.02. The summed E-state index contributed by atoms with van der Waals surface area (Å²) in [4.78, 5) is 15.1. The van der Waals surface area contributed by atoms with E-state index in [9.17, 15) is 35.7 Å². The monoisotopic (exact) mass is 500 g/mol. The number of phenolic OH excluding ortho intramolecular Hbond substituents is 1. The Labute approximate surface area is 168 Å². The van der Waals surface area contributed by atoms with Gasteiger partial charge in [0.15, 0.2) is 20.6 Å². The molecule has 1 amide bonds. The number of hydrogen-bond donors (Lipinski definition) is 2. The van der Waals surface area contributed by atoms with Crippen LogP contribution in [0.4, 0.5) is 18.9 Å². The first-order valence-electron chi connectivity index (χ1n) is 7.38. The molecule has 1 heterocycles. The molecule has 0 fully saturated rings. The Morgan fingerprint density at radius 2 is 1.96 bits per heavy atom. The van der Waals surface area contributed by atoms with Crippen LogP contribution in [0.2, 0.25) is 0 Å². The van der Waals surface area contributed by atoms with Crippen molar-refractivity contribution in [3.8, 4) is 5.75 Å². The van der Waals surface area contributed by atoms with Gasteiger partial charge in [-0.05, 0) is 40.2 Å². The zero-order valence-electron chi connectivity index (χ0n) is 13.9. The molecule has 28 heavy (non-hydrogen) atoms. The van der Waals surface area contributed by atoms with Crippen LogP contribution < -0.4 is 5.32 Å². The minimum atomic E-state index is -5.03. The molecule has 2 aromatic rings. The van der Waals surface area contributed by atoms with Crippen LogP contribution in [-0.2, 0) is 20.6 Å². The van der Waals surface area contributed by atoms with E-state index in [-0.39, 0.29) is 5.75 Å². The molecule has 0 saturated carbocycles. The molecule has 2 rings (SSSR count). The highest BCUT2D eigenvalue weighted by molar-refractivity contribution is 9.10. The molecule has 7 nitrogen and oxygen atoms in total. The number of alkyl halides is 3. The molecule has 0 bridgehead atoms. The molecule has 152 valence electrons. The van der Waals surface area contributed by atoms with E-state index in [0.29, 0.717) is 10.5 Å². The number of carbonyl (C=O) groups is 1. The summed E-state index contributed by atoms with van der Waals surface area (Å²) in [7, 11) is -7.23. The highest BCUT2D eigenvalue weighted by Crippen LogP contribution is 2.32. The Balaban J connectivity index is 2.46. The van der Waals surface area contributed by atoms with E-state index in [4.69, 9.17) is 0 Å². The van der Waals surface area contributed by atoms with Crippen molar-refractivity contribution in [1.82, 2.24) is 4.98 Å². The first kappa shape index (κ1) is 22.3.